The fourth-order valence-corrected chi connectivity index (χ4v) is 3.13. The first-order chi connectivity index (χ1) is 16.1. The Bertz CT molecular complexity index is 1090. The molecule has 0 aliphatic carbocycles. The van der Waals surface area contributed by atoms with Gasteiger partial charge in [0.05, 0.1) is 29.9 Å². The van der Waals surface area contributed by atoms with Crippen LogP contribution in [-0.4, -0.2) is 19.5 Å². The molecule has 0 bridgehead atoms. The lowest BCUT2D eigenvalue weighted by Gasteiger charge is -2.12. The van der Waals surface area contributed by atoms with Crippen LogP contribution in [0.3, 0.4) is 0 Å². The van der Waals surface area contributed by atoms with Gasteiger partial charge in [-0.2, -0.15) is 26.3 Å². The predicted molar refractivity (Wildman–Crippen MR) is 113 cm³/mol. The van der Waals surface area contributed by atoms with Gasteiger partial charge in [-0.3, -0.25) is 4.79 Å². The van der Waals surface area contributed by atoms with Crippen molar-refractivity contribution in [1.82, 2.24) is 0 Å². The molecule has 0 radical (unpaired) electrons. The SMILES string of the molecule is O=Cc1cc(OCCc2ccc(C(F)(F)F)cc2)ccc1OCCc1ccc(C(F)(F)F)cc1. The standard InChI is InChI=1S/C25H20F6O3/c26-24(27,28)20-5-1-17(2-6-20)11-13-33-22-9-10-23(19(15-22)16-32)34-14-12-18-3-7-21(8-4-18)25(29,30)31/h1-10,15-16H,11-14H2. The second-order valence-corrected chi connectivity index (χ2v) is 7.40. The van der Waals surface area contributed by atoms with Gasteiger partial charge in [0, 0.05) is 12.8 Å². The van der Waals surface area contributed by atoms with Gasteiger partial charge < -0.3 is 9.47 Å². The average molecular weight is 482 g/mol. The quantitative estimate of drug-likeness (QED) is 0.249. The van der Waals surface area contributed by atoms with Crippen molar-refractivity contribution in [3.63, 3.8) is 0 Å². The van der Waals surface area contributed by atoms with Gasteiger partial charge >= 0.3 is 12.4 Å². The summed E-state index contributed by atoms with van der Waals surface area (Å²) < 4.78 is 86.9. The van der Waals surface area contributed by atoms with Gasteiger partial charge in [0.25, 0.3) is 0 Å². The van der Waals surface area contributed by atoms with Gasteiger partial charge in [-0.25, -0.2) is 0 Å². The molecule has 0 saturated carbocycles. The van der Waals surface area contributed by atoms with E-state index in [1.165, 1.54) is 30.3 Å². The minimum Gasteiger partial charge on any atom is -0.493 e. The minimum absolute atomic E-state index is 0.153. The third-order valence-electron chi connectivity index (χ3n) is 4.98. The van der Waals surface area contributed by atoms with Crippen molar-refractivity contribution in [2.24, 2.45) is 0 Å². The van der Waals surface area contributed by atoms with E-state index in [1.54, 1.807) is 12.1 Å². The molecular weight excluding hydrogens is 462 g/mol. The number of hydrogen-bond acceptors (Lipinski definition) is 3. The molecule has 0 atom stereocenters. The van der Waals surface area contributed by atoms with E-state index in [0.29, 0.717) is 41.8 Å². The number of benzene rings is 3. The normalized spacial score (nSPS) is 11.8. The summed E-state index contributed by atoms with van der Waals surface area (Å²) in [6, 6.07) is 14.2. The molecule has 3 aromatic carbocycles. The third kappa shape index (κ3) is 7.00. The van der Waals surface area contributed by atoms with Crippen LogP contribution < -0.4 is 9.47 Å². The number of alkyl halides is 6. The molecule has 0 heterocycles. The highest BCUT2D eigenvalue weighted by Crippen LogP contribution is 2.30. The first-order valence-corrected chi connectivity index (χ1v) is 10.2. The molecule has 0 unspecified atom stereocenters. The maximum Gasteiger partial charge on any atom is 0.416 e. The van der Waals surface area contributed by atoms with Crippen molar-refractivity contribution in [2.75, 3.05) is 13.2 Å². The number of carbonyl (C=O) groups is 1. The highest BCUT2D eigenvalue weighted by atomic mass is 19.4. The molecule has 0 amide bonds. The van der Waals surface area contributed by atoms with Crippen LogP contribution >= 0.6 is 0 Å². The van der Waals surface area contributed by atoms with E-state index < -0.39 is 23.5 Å². The number of aldehydes is 1. The molecule has 180 valence electrons. The van der Waals surface area contributed by atoms with Crippen LogP contribution in [0, 0.1) is 0 Å². The molecule has 0 spiro atoms. The van der Waals surface area contributed by atoms with Crippen LogP contribution in [0.25, 0.3) is 0 Å². The second kappa shape index (κ2) is 10.6. The van der Waals surface area contributed by atoms with Gasteiger partial charge in [-0.1, -0.05) is 24.3 Å². The first-order valence-electron chi connectivity index (χ1n) is 10.2. The molecule has 0 N–H and O–H groups in total. The summed E-state index contributed by atoms with van der Waals surface area (Å²) in [6.45, 7) is 0.345. The van der Waals surface area contributed by atoms with Crippen molar-refractivity contribution < 1.29 is 40.6 Å². The second-order valence-electron chi connectivity index (χ2n) is 7.40. The largest absolute Gasteiger partial charge is 0.493 e. The van der Waals surface area contributed by atoms with Crippen LogP contribution in [0.1, 0.15) is 32.6 Å². The maximum atomic E-state index is 12.6. The van der Waals surface area contributed by atoms with Gasteiger partial charge in [0.1, 0.15) is 11.5 Å². The lowest BCUT2D eigenvalue weighted by molar-refractivity contribution is -0.138. The molecule has 0 aromatic heterocycles. The van der Waals surface area contributed by atoms with Crippen molar-refractivity contribution in [3.05, 3.63) is 94.5 Å². The van der Waals surface area contributed by atoms with Crippen LogP contribution in [0.15, 0.2) is 66.7 Å². The number of halogens is 6. The fourth-order valence-electron chi connectivity index (χ4n) is 3.13. The zero-order chi connectivity index (χ0) is 24.8. The summed E-state index contributed by atoms with van der Waals surface area (Å²) in [5.41, 5.74) is 0.117. The summed E-state index contributed by atoms with van der Waals surface area (Å²) in [4.78, 5) is 11.4. The number of hydrogen-bond donors (Lipinski definition) is 0. The molecule has 0 fully saturated rings. The molecule has 0 aliphatic heterocycles. The van der Waals surface area contributed by atoms with Gasteiger partial charge in [0.15, 0.2) is 6.29 Å². The molecule has 34 heavy (non-hydrogen) atoms. The lowest BCUT2D eigenvalue weighted by atomic mass is 10.1. The van der Waals surface area contributed by atoms with Crippen molar-refractivity contribution in [1.29, 1.82) is 0 Å². The Morgan fingerprint density at radius 3 is 1.56 bits per heavy atom. The smallest absolute Gasteiger partial charge is 0.416 e. The summed E-state index contributed by atoms with van der Waals surface area (Å²) >= 11 is 0. The van der Waals surface area contributed by atoms with E-state index in [0.717, 1.165) is 24.3 Å². The zero-order valence-corrected chi connectivity index (χ0v) is 17.7. The highest BCUT2D eigenvalue weighted by Gasteiger charge is 2.30. The van der Waals surface area contributed by atoms with Crippen molar-refractivity contribution in [2.45, 2.75) is 25.2 Å². The Kier molecular flexibility index (Phi) is 7.86. The van der Waals surface area contributed by atoms with E-state index in [4.69, 9.17) is 9.47 Å². The third-order valence-corrected chi connectivity index (χ3v) is 4.98. The molecule has 0 saturated heterocycles. The lowest BCUT2D eigenvalue weighted by Crippen LogP contribution is -2.07. The molecule has 3 nitrogen and oxygen atoms in total. The molecule has 9 heteroatoms. The fraction of sp³-hybridized carbons (Fsp3) is 0.240. The molecular formula is C25H20F6O3. The predicted octanol–water partition coefficient (Wildman–Crippen LogP) is 6.78. The van der Waals surface area contributed by atoms with Gasteiger partial charge in [-0.05, 0) is 53.6 Å². The number of ether oxygens (including phenoxy) is 2. The van der Waals surface area contributed by atoms with Gasteiger partial charge in [0.2, 0.25) is 0 Å². The average Bonchev–Trinajstić information content (AvgIpc) is 2.79. The summed E-state index contributed by atoms with van der Waals surface area (Å²) in [6.07, 6.45) is -7.46. The van der Waals surface area contributed by atoms with Crippen molar-refractivity contribution in [3.8, 4) is 11.5 Å². The van der Waals surface area contributed by atoms with Crippen molar-refractivity contribution >= 4 is 6.29 Å². The highest BCUT2D eigenvalue weighted by molar-refractivity contribution is 5.80. The van der Waals surface area contributed by atoms with Crippen LogP contribution in [0.5, 0.6) is 11.5 Å². The molecule has 0 aliphatic rings. The molecule has 3 aromatic rings. The van der Waals surface area contributed by atoms with E-state index in [2.05, 4.69) is 0 Å². The first kappa shape index (κ1) is 25.1. The summed E-state index contributed by atoms with van der Waals surface area (Å²) in [7, 11) is 0. The van der Waals surface area contributed by atoms with Crippen LogP contribution in [0.2, 0.25) is 0 Å². The Balaban J connectivity index is 1.50. The van der Waals surface area contributed by atoms with Gasteiger partial charge in [-0.15, -0.1) is 0 Å². The summed E-state index contributed by atoms with van der Waals surface area (Å²) in [5, 5.41) is 0. The van der Waals surface area contributed by atoms with E-state index in [-0.39, 0.29) is 18.8 Å². The van der Waals surface area contributed by atoms with E-state index in [9.17, 15) is 31.1 Å². The topological polar surface area (TPSA) is 35.5 Å². The summed E-state index contributed by atoms with van der Waals surface area (Å²) in [5.74, 6) is 0.695. The zero-order valence-electron chi connectivity index (χ0n) is 17.7. The van der Waals surface area contributed by atoms with Crippen LogP contribution in [0.4, 0.5) is 26.3 Å². The minimum atomic E-state index is -4.39. The van der Waals surface area contributed by atoms with E-state index >= 15 is 0 Å². The van der Waals surface area contributed by atoms with E-state index in [1.807, 2.05) is 0 Å². The Morgan fingerprint density at radius 2 is 1.12 bits per heavy atom. The number of carbonyl (C=O) groups excluding carboxylic acids is 1. The Hall–Kier alpha value is -3.49. The maximum absolute atomic E-state index is 12.6. The number of rotatable bonds is 9. The Labute approximate surface area is 191 Å². The molecule has 3 rings (SSSR count). The van der Waals surface area contributed by atoms with Crippen LogP contribution in [-0.2, 0) is 25.2 Å². The Morgan fingerprint density at radius 1 is 0.647 bits per heavy atom. The monoisotopic (exact) mass is 482 g/mol.